The van der Waals surface area contributed by atoms with Gasteiger partial charge in [-0.25, -0.2) is 0 Å². The molecule has 0 aromatic heterocycles. The molecule has 57 heavy (non-hydrogen) atoms. The van der Waals surface area contributed by atoms with Crippen LogP contribution in [0.5, 0.6) is 0 Å². The maximum atomic E-state index is 2.50. The average Bonchev–Trinajstić information content (AvgIpc) is 3.59. The fraction of sp³-hybridized carbons (Fsp3) is 0.286. The zero-order valence-corrected chi connectivity index (χ0v) is 33.8. The van der Waals surface area contributed by atoms with E-state index in [9.17, 15) is 0 Å². The first-order valence-corrected chi connectivity index (χ1v) is 21.6. The number of benzene rings is 7. The van der Waals surface area contributed by atoms with E-state index in [2.05, 4.69) is 178 Å². The second-order valence-corrected chi connectivity index (χ2v) is 19.7. The molecule has 0 aliphatic heterocycles. The van der Waals surface area contributed by atoms with E-state index < -0.39 is 0 Å². The summed E-state index contributed by atoms with van der Waals surface area (Å²) in [4.78, 5) is 2.49. The lowest BCUT2D eigenvalue weighted by Gasteiger charge is -2.57. The topological polar surface area (TPSA) is 3.24 Å². The summed E-state index contributed by atoms with van der Waals surface area (Å²) in [5.74, 6) is 2.90. The van der Waals surface area contributed by atoms with Crippen LogP contribution in [0.3, 0.4) is 0 Å². The van der Waals surface area contributed by atoms with Gasteiger partial charge in [-0.15, -0.1) is 0 Å². The molecule has 1 heteroatoms. The molecule has 1 nitrogen and oxygen atoms in total. The first-order chi connectivity index (χ1) is 27.6. The van der Waals surface area contributed by atoms with Crippen LogP contribution in [-0.2, 0) is 16.2 Å². The van der Waals surface area contributed by atoms with Crippen molar-refractivity contribution in [3.8, 4) is 33.4 Å². The van der Waals surface area contributed by atoms with Crippen molar-refractivity contribution in [3.05, 3.63) is 173 Å². The van der Waals surface area contributed by atoms with Crippen molar-refractivity contribution in [2.24, 2.45) is 17.8 Å². The molecule has 0 saturated heterocycles. The van der Waals surface area contributed by atoms with Crippen LogP contribution in [0, 0.1) is 17.8 Å². The van der Waals surface area contributed by atoms with E-state index in [1.165, 1.54) is 122 Å². The molecule has 0 N–H and O–H groups in total. The molecule has 7 aromatic carbocycles. The fourth-order valence-corrected chi connectivity index (χ4v) is 13.1. The lowest BCUT2D eigenvalue weighted by atomic mass is 9.48. The van der Waals surface area contributed by atoms with Gasteiger partial charge >= 0.3 is 0 Å². The minimum atomic E-state index is -0.146. The van der Waals surface area contributed by atoms with Crippen molar-refractivity contribution < 1.29 is 0 Å². The Morgan fingerprint density at radius 1 is 0.404 bits per heavy atom. The van der Waals surface area contributed by atoms with Crippen molar-refractivity contribution in [2.75, 3.05) is 4.90 Å². The Hall–Kier alpha value is -5.40. The molecule has 0 amide bonds. The van der Waals surface area contributed by atoms with Crippen LogP contribution < -0.4 is 4.90 Å². The molecular formula is C56H51N. The molecule has 0 spiro atoms. The van der Waals surface area contributed by atoms with Crippen LogP contribution in [-0.4, -0.2) is 0 Å². The predicted molar refractivity (Wildman–Crippen MR) is 239 cm³/mol. The first-order valence-electron chi connectivity index (χ1n) is 21.6. The number of anilines is 3. The number of fused-ring (bicyclic) bond motifs is 7. The molecule has 4 bridgehead atoms. The maximum Gasteiger partial charge on any atom is 0.0468 e. The Morgan fingerprint density at radius 3 is 1.53 bits per heavy atom. The summed E-state index contributed by atoms with van der Waals surface area (Å²) < 4.78 is 0. The van der Waals surface area contributed by atoms with E-state index in [1.807, 2.05) is 0 Å². The Bertz CT molecular complexity index is 2740. The van der Waals surface area contributed by atoms with E-state index in [0.29, 0.717) is 5.41 Å². The largest absolute Gasteiger partial charge is 0.310 e. The van der Waals surface area contributed by atoms with Crippen LogP contribution >= 0.6 is 0 Å². The van der Waals surface area contributed by atoms with Crippen LogP contribution in [0.25, 0.3) is 44.2 Å². The summed E-state index contributed by atoms with van der Waals surface area (Å²) in [6.07, 6.45) is 8.74. The van der Waals surface area contributed by atoms with E-state index in [-0.39, 0.29) is 10.8 Å². The molecule has 13 rings (SSSR count). The molecule has 6 aliphatic rings. The predicted octanol–water partition coefficient (Wildman–Crippen LogP) is 15.1. The Kier molecular flexibility index (Phi) is 6.99. The van der Waals surface area contributed by atoms with Crippen molar-refractivity contribution in [2.45, 2.75) is 82.5 Å². The summed E-state index contributed by atoms with van der Waals surface area (Å²) in [5.41, 5.74) is 19.1. The smallest absolute Gasteiger partial charge is 0.0468 e. The second kappa shape index (κ2) is 11.8. The number of hydrogen-bond acceptors (Lipinski definition) is 1. The highest BCUT2D eigenvalue weighted by Gasteiger charge is 2.51. The summed E-state index contributed by atoms with van der Waals surface area (Å²) in [7, 11) is 0. The van der Waals surface area contributed by atoms with Crippen molar-refractivity contribution >= 4 is 27.8 Å². The van der Waals surface area contributed by atoms with E-state index >= 15 is 0 Å². The average molecular weight is 738 g/mol. The minimum absolute atomic E-state index is 0.0780. The second-order valence-electron chi connectivity index (χ2n) is 19.7. The summed E-state index contributed by atoms with van der Waals surface area (Å²) >= 11 is 0. The van der Waals surface area contributed by atoms with Crippen LogP contribution in [0.1, 0.15) is 94.0 Å². The zero-order chi connectivity index (χ0) is 38.3. The molecular weight excluding hydrogens is 687 g/mol. The van der Waals surface area contributed by atoms with Gasteiger partial charge in [-0.05, 0) is 176 Å². The van der Waals surface area contributed by atoms with Gasteiger partial charge in [0.2, 0.25) is 0 Å². The third-order valence-electron chi connectivity index (χ3n) is 15.6. The number of hydrogen-bond donors (Lipinski definition) is 0. The van der Waals surface area contributed by atoms with Gasteiger partial charge < -0.3 is 4.90 Å². The van der Waals surface area contributed by atoms with E-state index in [4.69, 9.17) is 0 Å². The van der Waals surface area contributed by atoms with Gasteiger partial charge in [0.05, 0.1) is 0 Å². The van der Waals surface area contributed by atoms with Gasteiger partial charge in [-0.3, -0.25) is 0 Å². The highest BCUT2D eigenvalue weighted by molar-refractivity contribution is 5.92. The quantitative estimate of drug-likeness (QED) is 0.170. The lowest BCUT2D eigenvalue weighted by molar-refractivity contribution is -0.00518. The van der Waals surface area contributed by atoms with Crippen LogP contribution in [0.2, 0.25) is 0 Å². The van der Waals surface area contributed by atoms with Gasteiger partial charge in [0.15, 0.2) is 0 Å². The zero-order valence-electron chi connectivity index (χ0n) is 33.8. The van der Waals surface area contributed by atoms with Crippen LogP contribution in [0.4, 0.5) is 17.1 Å². The van der Waals surface area contributed by atoms with Gasteiger partial charge in [0.1, 0.15) is 0 Å². The molecule has 4 saturated carbocycles. The standard InChI is InChI=1S/C56H51N/c1-54(2)50-12-8-7-11-46(50)48-23-20-44(30-52(48)54)57(43-19-15-38-9-5-6-10-40(38)28-43)45-21-24-49-47-22-16-41(29-51(47)55(3,4)53(49)31-45)39-13-17-42(18-14-39)56-32-35-25-36(33-56)27-37(26-35)34-56/h5-24,28-31,35-37H,25-27,32-34H2,1-4H3. The molecule has 280 valence electrons. The lowest BCUT2D eigenvalue weighted by Crippen LogP contribution is -2.48. The minimum Gasteiger partial charge on any atom is -0.310 e. The summed E-state index contributed by atoms with van der Waals surface area (Å²) in [6, 6.07) is 56.1. The van der Waals surface area contributed by atoms with E-state index in [1.54, 1.807) is 5.56 Å². The fourth-order valence-electron chi connectivity index (χ4n) is 13.1. The van der Waals surface area contributed by atoms with Crippen molar-refractivity contribution in [1.82, 2.24) is 0 Å². The highest BCUT2D eigenvalue weighted by atomic mass is 15.1. The molecule has 7 aromatic rings. The van der Waals surface area contributed by atoms with Gasteiger partial charge in [0.25, 0.3) is 0 Å². The van der Waals surface area contributed by atoms with Crippen molar-refractivity contribution in [3.63, 3.8) is 0 Å². The Balaban J connectivity index is 0.925. The monoisotopic (exact) mass is 737 g/mol. The van der Waals surface area contributed by atoms with Gasteiger partial charge in [-0.1, -0.05) is 131 Å². The third-order valence-corrected chi connectivity index (χ3v) is 15.6. The van der Waals surface area contributed by atoms with Crippen molar-refractivity contribution in [1.29, 1.82) is 0 Å². The molecule has 0 radical (unpaired) electrons. The highest BCUT2D eigenvalue weighted by Crippen LogP contribution is 2.61. The molecule has 0 atom stereocenters. The summed E-state index contributed by atoms with van der Waals surface area (Å²) in [6.45, 7) is 9.61. The maximum absolute atomic E-state index is 2.50. The molecule has 6 aliphatic carbocycles. The Labute approximate surface area is 338 Å². The first kappa shape index (κ1) is 33.7. The number of nitrogens with zero attached hydrogens (tertiary/aromatic N) is 1. The van der Waals surface area contributed by atoms with Gasteiger partial charge in [0, 0.05) is 27.9 Å². The molecule has 0 heterocycles. The normalized spacial score (nSPS) is 23.9. The van der Waals surface area contributed by atoms with Crippen LogP contribution in [0.15, 0.2) is 146 Å². The third kappa shape index (κ3) is 4.94. The summed E-state index contributed by atoms with van der Waals surface area (Å²) in [5, 5.41) is 2.51. The molecule has 0 unspecified atom stereocenters. The number of rotatable bonds is 5. The van der Waals surface area contributed by atoms with E-state index in [0.717, 1.165) is 17.8 Å². The Morgan fingerprint density at radius 2 is 0.877 bits per heavy atom. The van der Waals surface area contributed by atoms with Gasteiger partial charge in [-0.2, -0.15) is 0 Å². The molecule has 4 fully saturated rings. The SMILES string of the molecule is CC1(C)c2ccccc2-c2ccc(N(c3ccc4c(c3)C(C)(C)c3cc(-c5ccc(C67CC8CC(CC(C8)C6)C7)cc5)ccc3-4)c3ccc4ccccc4c3)cc21.